The number of hydrogen-bond donors (Lipinski definition) is 1. The van der Waals surface area contributed by atoms with Gasteiger partial charge in [-0.3, -0.25) is 4.90 Å². The number of fused-ring (bicyclic) bond motifs is 3. The largest absolute Gasteiger partial charge is 0.458 e. The molecule has 130 valence electrons. The molecule has 0 aromatic heterocycles. The molecule has 4 rings (SSSR count). The van der Waals surface area contributed by atoms with E-state index >= 15 is 0 Å². The van der Waals surface area contributed by atoms with E-state index in [2.05, 4.69) is 4.90 Å². The first-order valence-electron chi connectivity index (χ1n) is 8.90. The fraction of sp³-hybridized carbons (Fsp3) is 0.550. The second-order valence-corrected chi connectivity index (χ2v) is 7.32. The molecule has 3 aliphatic rings. The second-order valence-electron chi connectivity index (χ2n) is 7.32. The van der Waals surface area contributed by atoms with E-state index < -0.39 is 11.6 Å². The third-order valence-corrected chi connectivity index (χ3v) is 5.10. The summed E-state index contributed by atoms with van der Waals surface area (Å²) < 4.78 is 5.80. The maximum absolute atomic E-state index is 12.9. The van der Waals surface area contributed by atoms with Crippen molar-refractivity contribution < 1.29 is 14.6 Å². The molecule has 1 aromatic carbocycles. The standard InChI is InChI=1S/C20H27NO3/c1-15(2)8-11-20(23,17-6-4-3-5-7-17)19(22)24-18-14-21-12-9-16(18)10-13-21/h3-8,11,15-16,18,23H,9-10,12-14H2,1-2H3/b11-8-. The Balaban J connectivity index is 1.81. The van der Waals surface area contributed by atoms with Gasteiger partial charge in [0, 0.05) is 6.54 Å². The predicted octanol–water partition coefficient (Wildman–Crippen LogP) is 2.72. The highest BCUT2D eigenvalue weighted by atomic mass is 16.6. The molecular formula is C20H27NO3. The highest BCUT2D eigenvalue weighted by molar-refractivity contribution is 5.83. The third-order valence-electron chi connectivity index (χ3n) is 5.10. The molecule has 0 spiro atoms. The van der Waals surface area contributed by atoms with Gasteiger partial charge in [-0.25, -0.2) is 4.79 Å². The minimum atomic E-state index is -1.72. The van der Waals surface area contributed by atoms with Crippen LogP contribution in [0.15, 0.2) is 42.5 Å². The number of nitrogens with zero attached hydrogens (tertiary/aromatic N) is 1. The summed E-state index contributed by atoms with van der Waals surface area (Å²) in [5, 5.41) is 11.1. The minimum absolute atomic E-state index is 0.109. The lowest BCUT2D eigenvalue weighted by Crippen LogP contribution is -2.53. The summed E-state index contributed by atoms with van der Waals surface area (Å²) in [6.45, 7) is 7.00. The number of rotatable bonds is 5. The zero-order valence-corrected chi connectivity index (χ0v) is 14.5. The number of ether oxygens (including phenoxy) is 1. The van der Waals surface area contributed by atoms with E-state index in [0.29, 0.717) is 11.5 Å². The summed E-state index contributed by atoms with van der Waals surface area (Å²) in [7, 11) is 0. The van der Waals surface area contributed by atoms with E-state index in [1.54, 1.807) is 18.2 Å². The Hall–Kier alpha value is -1.65. The first-order valence-corrected chi connectivity index (χ1v) is 8.90. The van der Waals surface area contributed by atoms with Crippen LogP contribution in [0.3, 0.4) is 0 Å². The molecule has 3 fully saturated rings. The Morgan fingerprint density at radius 2 is 1.96 bits per heavy atom. The molecule has 3 saturated heterocycles. The Labute approximate surface area is 144 Å². The summed E-state index contributed by atoms with van der Waals surface area (Å²) in [5.74, 6) is 0.0993. The van der Waals surface area contributed by atoms with Crippen molar-refractivity contribution >= 4 is 5.97 Å². The molecule has 4 nitrogen and oxygen atoms in total. The molecule has 1 N–H and O–H groups in total. The normalized spacial score (nSPS) is 28.9. The van der Waals surface area contributed by atoms with Gasteiger partial charge in [-0.2, -0.15) is 0 Å². The van der Waals surface area contributed by atoms with Crippen molar-refractivity contribution in [2.24, 2.45) is 11.8 Å². The number of piperidine rings is 3. The van der Waals surface area contributed by atoms with Crippen LogP contribution in [-0.4, -0.2) is 41.7 Å². The van der Waals surface area contributed by atoms with Crippen molar-refractivity contribution in [3.8, 4) is 0 Å². The fourth-order valence-corrected chi connectivity index (χ4v) is 3.58. The number of benzene rings is 1. The molecule has 0 amide bonds. The summed E-state index contributed by atoms with van der Waals surface area (Å²) in [4.78, 5) is 15.2. The van der Waals surface area contributed by atoms with Gasteiger partial charge in [0.05, 0.1) is 0 Å². The van der Waals surface area contributed by atoms with Crippen LogP contribution in [-0.2, 0) is 15.1 Å². The molecule has 4 heteroatoms. The molecule has 0 aliphatic carbocycles. The van der Waals surface area contributed by atoms with Crippen molar-refractivity contribution in [3.63, 3.8) is 0 Å². The van der Waals surface area contributed by atoms with E-state index in [0.717, 1.165) is 32.5 Å². The molecule has 3 aliphatic heterocycles. The molecular weight excluding hydrogens is 302 g/mol. The predicted molar refractivity (Wildman–Crippen MR) is 93.4 cm³/mol. The van der Waals surface area contributed by atoms with Crippen LogP contribution in [0.1, 0.15) is 32.3 Å². The van der Waals surface area contributed by atoms with E-state index in [-0.39, 0.29) is 12.0 Å². The number of allylic oxidation sites excluding steroid dienone is 1. The lowest BCUT2D eigenvalue weighted by atomic mass is 9.85. The van der Waals surface area contributed by atoms with Gasteiger partial charge in [0.2, 0.25) is 5.60 Å². The Morgan fingerprint density at radius 1 is 1.29 bits per heavy atom. The molecule has 2 bridgehead atoms. The molecule has 3 heterocycles. The van der Waals surface area contributed by atoms with Gasteiger partial charge in [-0.1, -0.05) is 50.3 Å². The van der Waals surface area contributed by atoms with Crippen LogP contribution >= 0.6 is 0 Å². The molecule has 1 aromatic rings. The highest BCUT2D eigenvalue weighted by Gasteiger charge is 2.42. The molecule has 24 heavy (non-hydrogen) atoms. The highest BCUT2D eigenvalue weighted by Crippen LogP contribution is 2.32. The van der Waals surface area contributed by atoms with E-state index in [4.69, 9.17) is 4.74 Å². The van der Waals surface area contributed by atoms with Gasteiger partial charge < -0.3 is 9.84 Å². The molecule has 2 atom stereocenters. The molecule has 2 unspecified atom stereocenters. The Bertz CT molecular complexity index is 590. The molecule has 0 saturated carbocycles. The van der Waals surface area contributed by atoms with E-state index in [1.165, 1.54) is 0 Å². The SMILES string of the molecule is CC(C)/C=C\C(O)(C(=O)OC1CN2CCC1CC2)c1ccccc1. The van der Waals surface area contributed by atoms with Crippen molar-refractivity contribution in [2.75, 3.05) is 19.6 Å². The van der Waals surface area contributed by atoms with Crippen molar-refractivity contribution in [2.45, 2.75) is 38.4 Å². The Kier molecular flexibility index (Phi) is 5.07. The van der Waals surface area contributed by atoms with Crippen LogP contribution in [0, 0.1) is 11.8 Å². The summed E-state index contributed by atoms with van der Waals surface area (Å²) >= 11 is 0. The third kappa shape index (κ3) is 3.55. The summed E-state index contributed by atoms with van der Waals surface area (Å²) in [6, 6.07) is 9.05. The first-order chi connectivity index (χ1) is 11.5. The minimum Gasteiger partial charge on any atom is -0.458 e. The van der Waals surface area contributed by atoms with Gasteiger partial charge in [-0.05, 0) is 49.4 Å². The van der Waals surface area contributed by atoms with E-state index in [1.807, 2.05) is 38.1 Å². The van der Waals surface area contributed by atoms with E-state index in [9.17, 15) is 9.90 Å². The smallest absolute Gasteiger partial charge is 0.347 e. The van der Waals surface area contributed by atoms with Crippen LogP contribution in [0.25, 0.3) is 0 Å². The van der Waals surface area contributed by atoms with Crippen LogP contribution < -0.4 is 0 Å². The lowest BCUT2D eigenvalue weighted by Gasteiger charge is -2.44. The number of hydrogen-bond acceptors (Lipinski definition) is 4. The molecule has 0 radical (unpaired) electrons. The van der Waals surface area contributed by atoms with Crippen molar-refractivity contribution in [1.29, 1.82) is 0 Å². The maximum Gasteiger partial charge on any atom is 0.347 e. The second kappa shape index (κ2) is 7.08. The number of carbonyl (C=O) groups is 1. The monoisotopic (exact) mass is 329 g/mol. The topological polar surface area (TPSA) is 49.8 Å². The zero-order valence-electron chi connectivity index (χ0n) is 14.5. The van der Waals surface area contributed by atoms with Gasteiger partial charge >= 0.3 is 5.97 Å². The zero-order chi connectivity index (χ0) is 17.2. The average molecular weight is 329 g/mol. The van der Waals surface area contributed by atoms with Gasteiger partial charge in [-0.15, -0.1) is 0 Å². The number of aliphatic hydroxyl groups is 1. The van der Waals surface area contributed by atoms with Gasteiger partial charge in [0.25, 0.3) is 0 Å². The lowest BCUT2D eigenvalue weighted by molar-refractivity contribution is -0.176. The Morgan fingerprint density at radius 3 is 2.50 bits per heavy atom. The van der Waals surface area contributed by atoms with Crippen molar-refractivity contribution in [3.05, 3.63) is 48.0 Å². The number of esters is 1. The van der Waals surface area contributed by atoms with Crippen LogP contribution in [0.2, 0.25) is 0 Å². The van der Waals surface area contributed by atoms with Crippen molar-refractivity contribution in [1.82, 2.24) is 4.90 Å². The number of carbonyl (C=O) groups excluding carboxylic acids is 1. The van der Waals surface area contributed by atoms with Crippen LogP contribution in [0.5, 0.6) is 0 Å². The van der Waals surface area contributed by atoms with Gasteiger partial charge in [0.1, 0.15) is 6.10 Å². The average Bonchev–Trinajstić information content (AvgIpc) is 2.61. The van der Waals surface area contributed by atoms with Crippen LogP contribution in [0.4, 0.5) is 0 Å². The summed E-state index contributed by atoms with van der Waals surface area (Å²) in [5.41, 5.74) is -1.18. The fourth-order valence-electron chi connectivity index (χ4n) is 3.58. The maximum atomic E-state index is 12.9. The quantitative estimate of drug-likeness (QED) is 0.666. The first kappa shape index (κ1) is 17.2. The summed E-state index contributed by atoms with van der Waals surface area (Å²) in [6.07, 6.45) is 5.47. The van der Waals surface area contributed by atoms with Gasteiger partial charge in [0.15, 0.2) is 0 Å².